The third-order valence-corrected chi connectivity index (χ3v) is 3.28. The second-order valence-electron chi connectivity index (χ2n) is 4.06. The summed E-state index contributed by atoms with van der Waals surface area (Å²) in [5.41, 5.74) is 6.58. The number of hydrogen-bond acceptors (Lipinski definition) is 5. The van der Waals surface area contributed by atoms with Gasteiger partial charge in [0.15, 0.2) is 0 Å². The number of aromatic nitrogens is 2. The van der Waals surface area contributed by atoms with Crippen LogP contribution in [0.25, 0.3) is 0 Å². The summed E-state index contributed by atoms with van der Waals surface area (Å²) >= 11 is 1.53. The Balaban J connectivity index is 1.94. The van der Waals surface area contributed by atoms with Crippen LogP contribution in [0.2, 0.25) is 0 Å². The quantitative estimate of drug-likeness (QED) is 0.852. The number of hydrogen-bond donors (Lipinski definition) is 2. The molecular formula is C12H14N4O2S. The van der Waals surface area contributed by atoms with Crippen molar-refractivity contribution in [2.75, 3.05) is 5.73 Å². The van der Waals surface area contributed by atoms with Gasteiger partial charge in [-0.2, -0.15) is 0 Å². The van der Waals surface area contributed by atoms with Gasteiger partial charge in [0.25, 0.3) is 5.56 Å². The largest absolute Gasteiger partial charge is 0.398 e. The number of nitrogen functional groups attached to an aromatic ring is 1. The maximum Gasteiger partial charge on any atom is 0.251 e. The van der Waals surface area contributed by atoms with Crippen LogP contribution in [-0.4, -0.2) is 15.5 Å². The summed E-state index contributed by atoms with van der Waals surface area (Å²) in [5, 5.41) is 5.56. The van der Waals surface area contributed by atoms with Gasteiger partial charge in [-0.3, -0.25) is 9.59 Å². The van der Waals surface area contributed by atoms with E-state index in [1.165, 1.54) is 34.2 Å². The summed E-state index contributed by atoms with van der Waals surface area (Å²) in [5.74, 6) is -0.252. The Kier molecular flexibility index (Phi) is 3.96. The number of anilines is 1. The molecule has 0 saturated carbocycles. The third kappa shape index (κ3) is 3.65. The van der Waals surface area contributed by atoms with Crippen molar-refractivity contribution in [3.63, 3.8) is 0 Å². The zero-order chi connectivity index (χ0) is 13.8. The van der Waals surface area contributed by atoms with Gasteiger partial charge in [0, 0.05) is 23.3 Å². The van der Waals surface area contributed by atoms with Gasteiger partial charge in [0.2, 0.25) is 5.91 Å². The molecule has 7 heteroatoms. The molecule has 0 spiro atoms. The first-order chi connectivity index (χ1) is 9.04. The number of nitrogens with zero attached hydrogens (tertiary/aromatic N) is 2. The van der Waals surface area contributed by atoms with E-state index >= 15 is 0 Å². The number of pyridine rings is 1. The number of rotatable bonds is 4. The van der Waals surface area contributed by atoms with E-state index in [0.717, 1.165) is 10.7 Å². The average molecular weight is 278 g/mol. The van der Waals surface area contributed by atoms with Crippen molar-refractivity contribution in [2.45, 2.75) is 20.0 Å². The van der Waals surface area contributed by atoms with Crippen LogP contribution in [0.5, 0.6) is 0 Å². The Labute approximate surface area is 113 Å². The minimum atomic E-state index is -0.256. The molecule has 2 rings (SSSR count). The second kappa shape index (κ2) is 5.66. The molecule has 0 aliphatic heterocycles. The molecule has 1 amide bonds. The van der Waals surface area contributed by atoms with E-state index in [-0.39, 0.29) is 18.0 Å². The molecule has 2 heterocycles. The first-order valence-electron chi connectivity index (χ1n) is 5.68. The van der Waals surface area contributed by atoms with Gasteiger partial charge in [0.05, 0.1) is 17.2 Å². The molecule has 0 fully saturated rings. The molecule has 3 N–H and O–H groups in total. The lowest BCUT2D eigenvalue weighted by Gasteiger charge is -2.06. The van der Waals surface area contributed by atoms with Crippen molar-refractivity contribution >= 4 is 22.9 Å². The molecule has 0 unspecified atom stereocenters. The molecule has 2 aromatic rings. The molecule has 0 aliphatic rings. The summed E-state index contributed by atoms with van der Waals surface area (Å²) in [4.78, 5) is 27.5. The number of thiazole rings is 1. The summed E-state index contributed by atoms with van der Waals surface area (Å²) in [7, 11) is 0. The van der Waals surface area contributed by atoms with E-state index in [4.69, 9.17) is 5.73 Å². The van der Waals surface area contributed by atoms with Gasteiger partial charge in [-0.05, 0) is 13.0 Å². The number of nitrogens with one attached hydrogen (secondary N) is 1. The minimum absolute atomic E-state index is 0.0486. The SMILES string of the molecule is Cc1nc(CNC(=O)Cn2cc(N)ccc2=O)cs1. The molecule has 0 bridgehead atoms. The molecule has 0 atom stereocenters. The molecule has 100 valence electrons. The van der Waals surface area contributed by atoms with E-state index < -0.39 is 0 Å². The molecule has 2 aromatic heterocycles. The van der Waals surface area contributed by atoms with Crippen molar-refractivity contribution in [1.29, 1.82) is 0 Å². The van der Waals surface area contributed by atoms with Crippen LogP contribution in [0.1, 0.15) is 10.7 Å². The highest BCUT2D eigenvalue weighted by Crippen LogP contribution is 2.07. The Hall–Kier alpha value is -2.15. The van der Waals surface area contributed by atoms with Crippen molar-refractivity contribution in [1.82, 2.24) is 14.9 Å². The molecule has 0 aliphatic carbocycles. The molecule has 6 nitrogen and oxygen atoms in total. The van der Waals surface area contributed by atoms with E-state index in [0.29, 0.717) is 12.2 Å². The van der Waals surface area contributed by atoms with Crippen molar-refractivity contribution in [3.05, 3.63) is 44.8 Å². The van der Waals surface area contributed by atoms with E-state index in [9.17, 15) is 9.59 Å². The summed E-state index contributed by atoms with van der Waals surface area (Å²) < 4.78 is 1.27. The van der Waals surface area contributed by atoms with Crippen molar-refractivity contribution < 1.29 is 4.79 Å². The fourth-order valence-electron chi connectivity index (χ4n) is 1.56. The van der Waals surface area contributed by atoms with Crippen LogP contribution < -0.4 is 16.6 Å². The number of nitrogens with two attached hydrogens (primary N) is 1. The Morgan fingerprint density at radius 3 is 3.00 bits per heavy atom. The first kappa shape index (κ1) is 13.3. The molecule has 0 saturated heterocycles. The van der Waals surface area contributed by atoms with Gasteiger partial charge < -0.3 is 15.6 Å². The third-order valence-electron chi connectivity index (χ3n) is 2.45. The Bertz CT molecular complexity index is 647. The van der Waals surface area contributed by atoms with Crippen LogP contribution in [0, 0.1) is 6.92 Å². The molecule has 0 aromatic carbocycles. The number of carbonyl (C=O) groups is 1. The fourth-order valence-corrected chi connectivity index (χ4v) is 2.18. The van der Waals surface area contributed by atoms with Crippen molar-refractivity contribution in [3.8, 4) is 0 Å². The zero-order valence-corrected chi connectivity index (χ0v) is 11.2. The molecule has 19 heavy (non-hydrogen) atoms. The fraction of sp³-hybridized carbons (Fsp3) is 0.250. The van der Waals surface area contributed by atoms with Gasteiger partial charge >= 0.3 is 0 Å². The highest BCUT2D eigenvalue weighted by molar-refractivity contribution is 7.09. The predicted molar refractivity (Wildman–Crippen MR) is 73.8 cm³/mol. The van der Waals surface area contributed by atoms with Crippen LogP contribution >= 0.6 is 11.3 Å². The van der Waals surface area contributed by atoms with Crippen LogP contribution in [-0.2, 0) is 17.9 Å². The van der Waals surface area contributed by atoms with E-state index in [1.54, 1.807) is 0 Å². The maximum absolute atomic E-state index is 11.7. The highest BCUT2D eigenvalue weighted by atomic mass is 32.1. The standard InChI is InChI=1S/C12H14N4O2S/c1-8-15-10(7-19-8)4-14-11(17)6-16-5-9(13)2-3-12(16)18/h2-3,5,7H,4,6,13H2,1H3,(H,14,17). The van der Waals surface area contributed by atoms with E-state index in [1.807, 2.05) is 12.3 Å². The lowest BCUT2D eigenvalue weighted by molar-refractivity contribution is -0.121. The van der Waals surface area contributed by atoms with Gasteiger partial charge in [-0.15, -0.1) is 11.3 Å². The monoisotopic (exact) mass is 278 g/mol. The summed E-state index contributed by atoms with van der Waals surface area (Å²) in [6, 6.07) is 2.85. The van der Waals surface area contributed by atoms with E-state index in [2.05, 4.69) is 10.3 Å². The Morgan fingerprint density at radius 2 is 2.32 bits per heavy atom. The lowest BCUT2D eigenvalue weighted by atomic mass is 10.4. The minimum Gasteiger partial charge on any atom is -0.398 e. The molecule has 0 radical (unpaired) electrons. The normalized spacial score (nSPS) is 10.4. The lowest BCUT2D eigenvalue weighted by Crippen LogP contribution is -2.31. The van der Waals surface area contributed by atoms with Crippen LogP contribution in [0.4, 0.5) is 5.69 Å². The predicted octanol–water partition coefficient (Wildman–Crippen LogP) is 0.512. The van der Waals surface area contributed by atoms with Crippen molar-refractivity contribution in [2.24, 2.45) is 0 Å². The smallest absolute Gasteiger partial charge is 0.251 e. The second-order valence-corrected chi connectivity index (χ2v) is 5.13. The van der Waals surface area contributed by atoms with Gasteiger partial charge in [-0.25, -0.2) is 4.98 Å². The zero-order valence-electron chi connectivity index (χ0n) is 10.4. The Morgan fingerprint density at radius 1 is 1.53 bits per heavy atom. The number of carbonyl (C=O) groups excluding carboxylic acids is 1. The first-order valence-corrected chi connectivity index (χ1v) is 6.56. The highest BCUT2D eigenvalue weighted by Gasteiger charge is 2.05. The van der Waals surface area contributed by atoms with Crippen LogP contribution in [0.3, 0.4) is 0 Å². The topological polar surface area (TPSA) is 90.0 Å². The maximum atomic E-state index is 11.7. The summed E-state index contributed by atoms with van der Waals surface area (Å²) in [6.07, 6.45) is 1.45. The van der Waals surface area contributed by atoms with Gasteiger partial charge in [-0.1, -0.05) is 0 Å². The summed E-state index contributed by atoms with van der Waals surface area (Å²) in [6.45, 7) is 2.22. The van der Waals surface area contributed by atoms with Gasteiger partial charge in [0.1, 0.15) is 6.54 Å². The van der Waals surface area contributed by atoms with Crippen LogP contribution in [0.15, 0.2) is 28.5 Å². The molecular weight excluding hydrogens is 264 g/mol. The average Bonchev–Trinajstić information content (AvgIpc) is 2.77. The number of aryl methyl sites for hydroxylation is 1. The number of amides is 1.